The van der Waals surface area contributed by atoms with E-state index in [1.807, 2.05) is 24.4 Å². The Morgan fingerprint density at radius 1 is 1.65 bits per heavy atom. The van der Waals surface area contributed by atoms with Crippen molar-refractivity contribution in [2.45, 2.75) is 13.3 Å². The van der Waals surface area contributed by atoms with E-state index in [9.17, 15) is 4.79 Å². The van der Waals surface area contributed by atoms with Crippen molar-refractivity contribution in [1.82, 2.24) is 0 Å². The molecule has 17 heavy (non-hydrogen) atoms. The standard InChI is InChI=1S/C13H16O3S/c1-10(2)9-16-6-5-11(13(14)15)8-12-4-3-7-17-12/h3-4,7-8H,1,5-6,9H2,2H3,(H,14,15)/b11-8-. The summed E-state index contributed by atoms with van der Waals surface area (Å²) >= 11 is 1.52. The molecule has 1 aromatic rings. The lowest BCUT2D eigenvalue weighted by Crippen LogP contribution is -2.05. The van der Waals surface area contributed by atoms with E-state index in [4.69, 9.17) is 9.84 Å². The van der Waals surface area contributed by atoms with Crippen molar-refractivity contribution >= 4 is 23.4 Å². The lowest BCUT2D eigenvalue weighted by atomic mass is 10.2. The zero-order valence-electron chi connectivity index (χ0n) is 9.81. The molecule has 4 heteroatoms. The molecule has 0 aliphatic rings. The van der Waals surface area contributed by atoms with Crippen molar-refractivity contribution in [3.8, 4) is 0 Å². The van der Waals surface area contributed by atoms with E-state index in [-0.39, 0.29) is 0 Å². The third kappa shape index (κ3) is 5.47. The quantitative estimate of drug-likeness (QED) is 0.460. The van der Waals surface area contributed by atoms with Gasteiger partial charge in [0.1, 0.15) is 0 Å². The molecule has 0 aliphatic carbocycles. The van der Waals surface area contributed by atoms with Gasteiger partial charge in [0.15, 0.2) is 0 Å². The van der Waals surface area contributed by atoms with Crippen LogP contribution in [-0.2, 0) is 9.53 Å². The molecule has 1 rings (SSSR count). The van der Waals surface area contributed by atoms with E-state index in [1.165, 1.54) is 11.3 Å². The number of carbonyl (C=O) groups is 1. The molecule has 1 N–H and O–H groups in total. The Labute approximate surface area is 105 Å². The molecule has 0 spiro atoms. The summed E-state index contributed by atoms with van der Waals surface area (Å²) in [5, 5.41) is 11.0. The minimum absolute atomic E-state index is 0.370. The average molecular weight is 252 g/mol. The molecule has 0 amide bonds. The highest BCUT2D eigenvalue weighted by atomic mass is 32.1. The Balaban J connectivity index is 2.50. The molecule has 0 atom stereocenters. The number of rotatable bonds is 7. The number of carboxylic acid groups (broad SMARTS) is 1. The highest BCUT2D eigenvalue weighted by molar-refractivity contribution is 7.10. The summed E-state index contributed by atoms with van der Waals surface area (Å²) in [5.41, 5.74) is 1.30. The monoisotopic (exact) mass is 252 g/mol. The van der Waals surface area contributed by atoms with Gasteiger partial charge in [-0.2, -0.15) is 0 Å². The first-order valence-electron chi connectivity index (χ1n) is 5.29. The van der Waals surface area contributed by atoms with Gasteiger partial charge in [-0.1, -0.05) is 18.2 Å². The topological polar surface area (TPSA) is 46.5 Å². The number of hydrogen-bond donors (Lipinski definition) is 1. The van der Waals surface area contributed by atoms with Crippen LogP contribution < -0.4 is 0 Å². The van der Waals surface area contributed by atoms with Crippen molar-refractivity contribution in [1.29, 1.82) is 0 Å². The summed E-state index contributed by atoms with van der Waals surface area (Å²) in [6.07, 6.45) is 2.09. The molecule has 0 saturated carbocycles. The van der Waals surface area contributed by atoms with Gasteiger partial charge >= 0.3 is 5.97 Å². The molecular weight excluding hydrogens is 236 g/mol. The fourth-order valence-electron chi connectivity index (χ4n) is 1.21. The predicted molar refractivity (Wildman–Crippen MR) is 70.2 cm³/mol. The zero-order chi connectivity index (χ0) is 12.7. The van der Waals surface area contributed by atoms with E-state index in [0.29, 0.717) is 25.2 Å². The van der Waals surface area contributed by atoms with Crippen molar-refractivity contribution in [2.75, 3.05) is 13.2 Å². The zero-order valence-corrected chi connectivity index (χ0v) is 10.6. The van der Waals surface area contributed by atoms with Crippen molar-refractivity contribution < 1.29 is 14.6 Å². The molecule has 0 bridgehead atoms. The van der Waals surface area contributed by atoms with Crippen LogP contribution in [0.5, 0.6) is 0 Å². The fourth-order valence-corrected chi connectivity index (χ4v) is 1.90. The Kier molecular flexibility index (Phi) is 5.66. The van der Waals surface area contributed by atoms with Gasteiger partial charge in [-0.3, -0.25) is 0 Å². The number of ether oxygens (including phenoxy) is 1. The second kappa shape index (κ2) is 7.04. The molecule has 0 fully saturated rings. The maximum absolute atomic E-state index is 11.0. The maximum Gasteiger partial charge on any atom is 0.331 e. The lowest BCUT2D eigenvalue weighted by molar-refractivity contribution is -0.132. The number of aliphatic carboxylic acids is 1. The third-order valence-corrected chi connectivity index (χ3v) is 2.82. The van der Waals surface area contributed by atoms with Crippen molar-refractivity contribution in [3.05, 3.63) is 40.1 Å². The fraction of sp³-hybridized carbons (Fsp3) is 0.308. The maximum atomic E-state index is 11.0. The first-order valence-corrected chi connectivity index (χ1v) is 6.17. The Bertz CT molecular complexity index is 404. The first-order chi connectivity index (χ1) is 8.09. The molecule has 0 radical (unpaired) electrons. The summed E-state index contributed by atoms with van der Waals surface area (Å²) < 4.78 is 5.29. The summed E-state index contributed by atoms with van der Waals surface area (Å²) in [7, 11) is 0. The van der Waals surface area contributed by atoms with Crippen LogP contribution in [0, 0.1) is 0 Å². The van der Waals surface area contributed by atoms with Gasteiger partial charge in [-0.05, 0) is 24.4 Å². The van der Waals surface area contributed by atoms with E-state index in [2.05, 4.69) is 6.58 Å². The molecular formula is C13H16O3S. The van der Waals surface area contributed by atoms with Gasteiger partial charge in [-0.25, -0.2) is 4.79 Å². The summed E-state index contributed by atoms with van der Waals surface area (Å²) in [5.74, 6) is -0.891. The largest absolute Gasteiger partial charge is 0.478 e. The van der Waals surface area contributed by atoms with E-state index < -0.39 is 5.97 Å². The number of thiophene rings is 1. The molecule has 92 valence electrons. The molecule has 0 aliphatic heterocycles. The predicted octanol–water partition coefficient (Wildman–Crippen LogP) is 3.20. The normalized spacial score (nSPS) is 11.5. The number of hydrogen-bond acceptors (Lipinski definition) is 3. The molecule has 0 aromatic carbocycles. The minimum Gasteiger partial charge on any atom is -0.478 e. The summed E-state index contributed by atoms with van der Waals surface area (Å²) in [6, 6.07) is 3.79. The highest BCUT2D eigenvalue weighted by Crippen LogP contribution is 2.15. The summed E-state index contributed by atoms with van der Waals surface area (Å²) in [4.78, 5) is 12.0. The van der Waals surface area contributed by atoms with Gasteiger partial charge in [-0.15, -0.1) is 11.3 Å². The van der Waals surface area contributed by atoms with E-state index in [1.54, 1.807) is 6.08 Å². The molecule has 3 nitrogen and oxygen atoms in total. The second-order valence-electron chi connectivity index (χ2n) is 3.75. The first kappa shape index (κ1) is 13.7. The molecule has 0 unspecified atom stereocenters. The average Bonchev–Trinajstić information content (AvgIpc) is 2.74. The minimum atomic E-state index is -0.891. The van der Waals surface area contributed by atoms with Gasteiger partial charge in [0.05, 0.1) is 13.2 Å². The smallest absolute Gasteiger partial charge is 0.331 e. The van der Waals surface area contributed by atoms with Crippen LogP contribution in [0.3, 0.4) is 0 Å². The van der Waals surface area contributed by atoms with Gasteiger partial charge < -0.3 is 9.84 Å². The van der Waals surface area contributed by atoms with Crippen molar-refractivity contribution in [3.63, 3.8) is 0 Å². The number of carboxylic acids is 1. The van der Waals surface area contributed by atoms with Crippen molar-refractivity contribution in [2.24, 2.45) is 0 Å². The molecule has 1 aromatic heterocycles. The van der Waals surface area contributed by atoms with E-state index >= 15 is 0 Å². The Hall–Kier alpha value is -1.39. The molecule has 0 saturated heterocycles. The van der Waals surface area contributed by atoms with Crippen LogP contribution in [-0.4, -0.2) is 24.3 Å². The van der Waals surface area contributed by atoms with Crippen LogP contribution in [0.15, 0.2) is 35.2 Å². The van der Waals surface area contributed by atoms with E-state index in [0.717, 1.165) is 10.5 Å². The van der Waals surface area contributed by atoms with Gasteiger partial charge in [0.2, 0.25) is 0 Å². The Morgan fingerprint density at radius 3 is 2.94 bits per heavy atom. The third-order valence-electron chi connectivity index (χ3n) is 2.00. The van der Waals surface area contributed by atoms with Crippen LogP contribution in [0.1, 0.15) is 18.2 Å². The van der Waals surface area contributed by atoms with Crippen LogP contribution >= 0.6 is 11.3 Å². The lowest BCUT2D eigenvalue weighted by Gasteiger charge is -2.04. The molecule has 1 heterocycles. The van der Waals surface area contributed by atoms with Crippen LogP contribution in [0.25, 0.3) is 6.08 Å². The van der Waals surface area contributed by atoms with Gasteiger partial charge in [0, 0.05) is 16.9 Å². The van der Waals surface area contributed by atoms with Gasteiger partial charge in [0.25, 0.3) is 0 Å². The summed E-state index contributed by atoms with van der Waals surface area (Å²) in [6.45, 7) is 6.47. The highest BCUT2D eigenvalue weighted by Gasteiger charge is 2.07. The second-order valence-corrected chi connectivity index (χ2v) is 4.73. The van der Waals surface area contributed by atoms with Crippen LogP contribution in [0.4, 0.5) is 0 Å². The Morgan fingerprint density at radius 2 is 2.41 bits per heavy atom. The SMILES string of the molecule is C=C(C)COCC/C(=C/c1cccs1)C(=O)O. The van der Waals surface area contributed by atoms with Crippen LogP contribution in [0.2, 0.25) is 0 Å².